The molecule has 0 aliphatic carbocycles. The zero-order valence-corrected chi connectivity index (χ0v) is 14.1. The molecular weight excluding hydrogens is 361 g/mol. The molecule has 1 amide bonds. The number of esters is 1. The number of rotatable bonds is 4. The van der Waals surface area contributed by atoms with Gasteiger partial charge in [0.25, 0.3) is 5.91 Å². The molecule has 0 unspecified atom stereocenters. The molecule has 0 spiro atoms. The molecule has 1 N–H and O–H groups in total. The van der Waals surface area contributed by atoms with Gasteiger partial charge in [-0.2, -0.15) is 0 Å². The number of benzene rings is 2. The van der Waals surface area contributed by atoms with Crippen molar-refractivity contribution in [2.45, 2.75) is 0 Å². The van der Waals surface area contributed by atoms with Crippen LogP contribution in [0.3, 0.4) is 0 Å². The number of halogens is 1. The van der Waals surface area contributed by atoms with Crippen molar-refractivity contribution in [1.82, 2.24) is 0 Å². The summed E-state index contributed by atoms with van der Waals surface area (Å²) in [5.74, 6) is -0.437. The number of hydrogen-bond acceptors (Lipinski definition) is 6. The first-order chi connectivity index (χ1) is 12.6. The van der Waals surface area contributed by atoms with Crippen LogP contribution in [0.1, 0.15) is 9.67 Å². The van der Waals surface area contributed by atoms with E-state index in [9.17, 15) is 14.0 Å². The molecule has 4 rings (SSSR count). The van der Waals surface area contributed by atoms with E-state index in [1.165, 1.54) is 12.1 Å². The van der Waals surface area contributed by atoms with Crippen LogP contribution in [0.5, 0.6) is 11.5 Å². The number of thiophene rings is 1. The zero-order valence-electron chi connectivity index (χ0n) is 13.3. The molecule has 2 aromatic carbocycles. The lowest BCUT2D eigenvalue weighted by Gasteiger charge is -2.06. The Labute approximate surface area is 151 Å². The topological polar surface area (TPSA) is 73.9 Å². The maximum absolute atomic E-state index is 13.7. The SMILES string of the molecule is O=C(COC(=O)c1cc2c(F)cccc2s1)Nc1ccc2c(c1)OCO2. The highest BCUT2D eigenvalue weighted by atomic mass is 32.1. The zero-order chi connectivity index (χ0) is 18.1. The van der Waals surface area contributed by atoms with Crippen molar-refractivity contribution in [3.05, 3.63) is 53.2 Å². The Kier molecular flexibility index (Phi) is 4.18. The van der Waals surface area contributed by atoms with Gasteiger partial charge in [-0.15, -0.1) is 11.3 Å². The van der Waals surface area contributed by atoms with Crippen molar-refractivity contribution in [1.29, 1.82) is 0 Å². The van der Waals surface area contributed by atoms with Gasteiger partial charge in [-0.05, 0) is 30.3 Å². The average Bonchev–Trinajstić information content (AvgIpc) is 3.26. The normalized spacial score (nSPS) is 12.2. The second kappa shape index (κ2) is 6.64. The van der Waals surface area contributed by atoms with Crippen molar-refractivity contribution in [2.24, 2.45) is 0 Å². The van der Waals surface area contributed by atoms with E-state index in [-0.39, 0.29) is 11.7 Å². The highest BCUT2D eigenvalue weighted by Crippen LogP contribution is 2.34. The van der Waals surface area contributed by atoms with Crippen molar-refractivity contribution >= 4 is 39.0 Å². The van der Waals surface area contributed by atoms with E-state index in [4.69, 9.17) is 14.2 Å². The smallest absolute Gasteiger partial charge is 0.348 e. The van der Waals surface area contributed by atoms with Gasteiger partial charge in [0.05, 0.1) is 0 Å². The number of hydrogen-bond donors (Lipinski definition) is 1. The van der Waals surface area contributed by atoms with Gasteiger partial charge in [-0.25, -0.2) is 9.18 Å². The van der Waals surface area contributed by atoms with E-state index in [0.717, 1.165) is 11.3 Å². The number of anilines is 1. The Morgan fingerprint density at radius 3 is 2.85 bits per heavy atom. The van der Waals surface area contributed by atoms with Gasteiger partial charge in [0.15, 0.2) is 18.1 Å². The molecule has 132 valence electrons. The van der Waals surface area contributed by atoms with Gasteiger partial charge in [-0.3, -0.25) is 4.79 Å². The first-order valence-electron chi connectivity index (χ1n) is 7.65. The van der Waals surface area contributed by atoms with Crippen LogP contribution in [-0.4, -0.2) is 25.3 Å². The van der Waals surface area contributed by atoms with Crippen LogP contribution >= 0.6 is 11.3 Å². The fourth-order valence-corrected chi connectivity index (χ4v) is 3.47. The minimum Gasteiger partial charge on any atom is -0.454 e. The van der Waals surface area contributed by atoms with Crippen LogP contribution in [0.2, 0.25) is 0 Å². The molecule has 3 aromatic rings. The van der Waals surface area contributed by atoms with Crippen LogP contribution in [0.4, 0.5) is 10.1 Å². The summed E-state index contributed by atoms with van der Waals surface area (Å²) in [5.41, 5.74) is 0.499. The van der Waals surface area contributed by atoms with E-state index >= 15 is 0 Å². The third-order valence-electron chi connectivity index (χ3n) is 3.70. The summed E-state index contributed by atoms with van der Waals surface area (Å²) in [6.07, 6.45) is 0. The number of fused-ring (bicyclic) bond motifs is 2. The summed E-state index contributed by atoms with van der Waals surface area (Å²) < 4.78 is 29.7. The number of nitrogens with one attached hydrogen (secondary N) is 1. The Morgan fingerprint density at radius 1 is 1.15 bits per heavy atom. The van der Waals surface area contributed by atoms with Crippen molar-refractivity contribution in [3.8, 4) is 11.5 Å². The van der Waals surface area contributed by atoms with Gasteiger partial charge in [-0.1, -0.05) is 6.07 Å². The molecule has 6 nitrogen and oxygen atoms in total. The summed E-state index contributed by atoms with van der Waals surface area (Å²) in [4.78, 5) is 24.3. The summed E-state index contributed by atoms with van der Waals surface area (Å²) in [7, 11) is 0. The molecular formula is C18H12FNO5S. The summed E-state index contributed by atoms with van der Waals surface area (Å²) in [6.45, 7) is -0.315. The second-order valence-electron chi connectivity index (χ2n) is 5.45. The molecule has 8 heteroatoms. The number of ether oxygens (including phenoxy) is 3. The number of carbonyl (C=O) groups is 2. The molecule has 0 saturated carbocycles. The fraction of sp³-hybridized carbons (Fsp3) is 0.111. The van der Waals surface area contributed by atoms with E-state index in [0.29, 0.717) is 27.3 Å². The van der Waals surface area contributed by atoms with Crippen LogP contribution in [0.25, 0.3) is 10.1 Å². The first-order valence-corrected chi connectivity index (χ1v) is 8.46. The van der Waals surface area contributed by atoms with Gasteiger partial charge in [0, 0.05) is 21.8 Å². The van der Waals surface area contributed by atoms with Crippen LogP contribution in [0, 0.1) is 5.82 Å². The Balaban J connectivity index is 1.37. The second-order valence-corrected chi connectivity index (χ2v) is 6.54. The molecule has 26 heavy (non-hydrogen) atoms. The first kappa shape index (κ1) is 16.3. The largest absolute Gasteiger partial charge is 0.454 e. The molecule has 1 aliphatic heterocycles. The van der Waals surface area contributed by atoms with E-state index in [1.807, 2.05) is 0 Å². The lowest BCUT2D eigenvalue weighted by atomic mass is 10.2. The van der Waals surface area contributed by atoms with Crippen molar-refractivity contribution < 1.29 is 28.2 Å². The van der Waals surface area contributed by atoms with E-state index in [1.54, 1.807) is 30.3 Å². The Bertz CT molecular complexity index is 1020. The summed E-state index contributed by atoms with van der Waals surface area (Å²) >= 11 is 1.11. The monoisotopic (exact) mass is 373 g/mol. The molecule has 1 aromatic heterocycles. The number of amides is 1. The summed E-state index contributed by atoms with van der Waals surface area (Å²) in [6, 6.07) is 11.0. The third-order valence-corrected chi connectivity index (χ3v) is 4.78. The minimum atomic E-state index is -0.675. The predicted octanol–water partition coefficient (Wildman–Crippen LogP) is 3.56. The molecule has 0 bridgehead atoms. The predicted molar refractivity (Wildman–Crippen MR) is 93.3 cm³/mol. The van der Waals surface area contributed by atoms with Crippen LogP contribution in [-0.2, 0) is 9.53 Å². The average molecular weight is 373 g/mol. The highest BCUT2D eigenvalue weighted by Gasteiger charge is 2.17. The Morgan fingerprint density at radius 2 is 2.00 bits per heavy atom. The molecule has 0 saturated heterocycles. The third kappa shape index (κ3) is 3.18. The molecule has 1 aliphatic rings. The maximum Gasteiger partial charge on any atom is 0.348 e. The Hall–Kier alpha value is -3.13. The van der Waals surface area contributed by atoms with Gasteiger partial charge < -0.3 is 19.5 Å². The maximum atomic E-state index is 13.7. The van der Waals surface area contributed by atoms with E-state index in [2.05, 4.69) is 5.32 Å². The molecule has 2 heterocycles. The van der Waals surface area contributed by atoms with Gasteiger partial charge >= 0.3 is 5.97 Å². The molecule has 0 fully saturated rings. The van der Waals surface area contributed by atoms with Crippen molar-refractivity contribution in [2.75, 3.05) is 18.7 Å². The number of carbonyl (C=O) groups excluding carboxylic acids is 2. The quantitative estimate of drug-likeness (QED) is 0.708. The molecule has 0 atom stereocenters. The highest BCUT2D eigenvalue weighted by molar-refractivity contribution is 7.20. The molecule has 0 radical (unpaired) electrons. The summed E-state index contributed by atoms with van der Waals surface area (Å²) in [5, 5.41) is 2.96. The standard InChI is InChI=1S/C18H12FNO5S/c19-12-2-1-3-15-11(12)7-16(26-15)18(22)23-8-17(21)20-10-4-5-13-14(6-10)25-9-24-13/h1-7H,8-9H2,(H,20,21). The van der Waals surface area contributed by atoms with Gasteiger partial charge in [0.1, 0.15) is 10.7 Å². The van der Waals surface area contributed by atoms with Crippen molar-refractivity contribution in [3.63, 3.8) is 0 Å². The minimum absolute atomic E-state index is 0.139. The van der Waals surface area contributed by atoms with Crippen LogP contribution in [0.15, 0.2) is 42.5 Å². The van der Waals surface area contributed by atoms with Crippen LogP contribution < -0.4 is 14.8 Å². The lowest BCUT2D eigenvalue weighted by molar-refractivity contribution is -0.119. The van der Waals surface area contributed by atoms with Gasteiger partial charge in [0.2, 0.25) is 6.79 Å². The lowest BCUT2D eigenvalue weighted by Crippen LogP contribution is -2.20. The fourth-order valence-electron chi connectivity index (χ4n) is 2.50. The van der Waals surface area contributed by atoms with E-state index < -0.39 is 24.3 Å².